The van der Waals surface area contributed by atoms with Crippen molar-refractivity contribution in [1.29, 1.82) is 0 Å². The van der Waals surface area contributed by atoms with Gasteiger partial charge in [-0.1, -0.05) is 18.2 Å². The van der Waals surface area contributed by atoms with Gasteiger partial charge in [0.25, 0.3) is 5.91 Å². The lowest BCUT2D eigenvalue weighted by atomic mass is 9.71. The molecule has 144 valence electrons. The lowest BCUT2D eigenvalue weighted by molar-refractivity contribution is 0.0823. The van der Waals surface area contributed by atoms with Gasteiger partial charge in [0, 0.05) is 11.6 Å². The average molecular weight is 390 g/mol. The van der Waals surface area contributed by atoms with Gasteiger partial charge in [-0.2, -0.15) is 0 Å². The first-order chi connectivity index (χ1) is 12.7. The van der Waals surface area contributed by atoms with E-state index in [-0.39, 0.29) is 28.2 Å². The molecule has 0 bridgehead atoms. The molecule has 2 N–H and O–H groups in total. The van der Waals surface area contributed by atoms with Crippen molar-refractivity contribution in [1.82, 2.24) is 10.0 Å². The number of hydrogen-bond acceptors (Lipinski definition) is 3. The molecule has 1 amide bonds. The Labute approximate surface area is 159 Å². The highest BCUT2D eigenvalue weighted by atomic mass is 32.2. The molecule has 0 aromatic heterocycles. The summed E-state index contributed by atoms with van der Waals surface area (Å²) in [5.74, 6) is -0.671. The first-order valence-electron chi connectivity index (χ1n) is 8.93. The van der Waals surface area contributed by atoms with Gasteiger partial charge >= 0.3 is 0 Å². The van der Waals surface area contributed by atoms with E-state index >= 15 is 0 Å². The molecule has 2 aromatic carbocycles. The van der Waals surface area contributed by atoms with Crippen molar-refractivity contribution in [3.05, 3.63) is 65.5 Å². The highest BCUT2D eigenvalue weighted by Crippen LogP contribution is 2.41. The van der Waals surface area contributed by atoms with E-state index in [1.165, 1.54) is 24.3 Å². The van der Waals surface area contributed by atoms with Gasteiger partial charge in [-0.3, -0.25) is 4.79 Å². The number of halogens is 1. The third-order valence-corrected chi connectivity index (χ3v) is 6.41. The lowest BCUT2D eigenvalue weighted by Gasteiger charge is -2.43. The Balaban J connectivity index is 1.84. The van der Waals surface area contributed by atoms with Crippen molar-refractivity contribution in [3.63, 3.8) is 0 Å². The smallest absolute Gasteiger partial charge is 0.252 e. The van der Waals surface area contributed by atoms with E-state index in [2.05, 4.69) is 10.0 Å². The predicted octanol–water partition coefficient (Wildman–Crippen LogP) is 3.32. The summed E-state index contributed by atoms with van der Waals surface area (Å²) in [6.07, 6.45) is 2.49. The summed E-state index contributed by atoms with van der Waals surface area (Å²) in [7, 11) is -3.68. The van der Waals surface area contributed by atoms with Gasteiger partial charge in [0.1, 0.15) is 5.82 Å². The Kier molecular flexibility index (Phi) is 5.35. The maximum absolute atomic E-state index is 13.2. The van der Waals surface area contributed by atoms with Crippen LogP contribution in [-0.2, 0) is 15.6 Å². The second-order valence-corrected chi connectivity index (χ2v) is 8.91. The summed E-state index contributed by atoms with van der Waals surface area (Å²) >= 11 is 0. The molecule has 0 heterocycles. The van der Waals surface area contributed by atoms with Gasteiger partial charge in [0.05, 0.1) is 10.4 Å². The molecule has 0 aliphatic heterocycles. The van der Waals surface area contributed by atoms with E-state index in [4.69, 9.17) is 0 Å². The third-order valence-electron chi connectivity index (χ3n) is 4.75. The van der Waals surface area contributed by atoms with Crippen LogP contribution < -0.4 is 10.0 Å². The summed E-state index contributed by atoms with van der Waals surface area (Å²) in [4.78, 5) is 12.8. The molecule has 0 atom stereocenters. The van der Waals surface area contributed by atoms with E-state index in [0.29, 0.717) is 0 Å². The molecule has 5 nitrogen and oxygen atoms in total. The Morgan fingerprint density at radius 1 is 1.11 bits per heavy atom. The molecule has 1 fully saturated rings. The summed E-state index contributed by atoms with van der Waals surface area (Å²) in [5, 5.41) is 3.02. The van der Waals surface area contributed by atoms with Crippen LogP contribution in [-0.4, -0.2) is 20.4 Å². The third kappa shape index (κ3) is 4.20. The molecule has 0 radical (unpaired) electrons. The first kappa shape index (κ1) is 19.5. The van der Waals surface area contributed by atoms with Crippen LogP contribution in [0.5, 0.6) is 0 Å². The topological polar surface area (TPSA) is 75.3 Å². The van der Waals surface area contributed by atoms with Crippen LogP contribution in [0, 0.1) is 5.82 Å². The normalized spacial score (nSPS) is 16.0. The van der Waals surface area contributed by atoms with Crippen molar-refractivity contribution in [2.45, 2.75) is 49.6 Å². The van der Waals surface area contributed by atoms with Crippen LogP contribution >= 0.6 is 0 Å². The molecule has 27 heavy (non-hydrogen) atoms. The minimum absolute atomic E-state index is 0.0493. The highest BCUT2D eigenvalue weighted by molar-refractivity contribution is 7.89. The number of carbonyl (C=O) groups is 1. The number of sulfonamides is 1. The van der Waals surface area contributed by atoms with E-state index in [1.807, 2.05) is 0 Å². The fraction of sp³-hybridized carbons (Fsp3) is 0.350. The zero-order valence-electron chi connectivity index (χ0n) is 15.3. The lowest BCUT2D eigenvalue weighted by Crippen LogP contribution is -2.50. The van der Waals surface area contributed by atoms with Gasteiger partial charge in [-0.15, -0.1) is 0 Å². The minimum Gasteiger partial charge on any atom is -0.343 e. The van der Waals surface area contributed by atoms with E-state index in [9.17, 15) is 17.6 Å². The SMILES string of the molecule is CC(C)NS(=O)(=O)c1cccc(C(=O)NC2(c3ccc(F)cc3)CCC2)c1. The Morgan fingerprint density at radius 3 is 2.33 bits per heavy atom. The van der Waals surface area contributed by atoms with Gasteiger partial charge in [-0.05, 0) is 69.0 Å². The van der Waals surface area contributed by atoms with Crippen molar-refractivity contribution in [2.75, 3.05) is 0 Å². The zero-order valence-corrected chi connectivity index (χ0v) is 16.1. The Morgan fingerprint density at radius 2 is 1.78 bits per heavy atom. The summed E-state index contributed by atoms with van der Waals surface area (Å²) in [6.45, 7) is 3.47. The van der Waals surface area contributed by atoms with Crippen LogP contribution in [0.3, 0.4) is 0 Å². The van der Waals surface area contributed by atoms with Crippen molar-refractivity contribution < 1.29 is 17.6 Å². The van der Waals surface area contributed by atoms with Crippen molar-refractivity contribution in [2.24, 2.45) is 0 Å². The fourth-order valence-corrected chi connectivity index (χ4v) is 4.55. The summed E-state index contributed by atoms with van der Waals surface area (Å²) < 4.78 is 40.4. The van der Waals surface area contributed by atoms with Crippen LogP contribution in [0.25, 0.3) is 0 Å². The molecule has 1 aliphatic rings. The minimum atomic E-state index is -3.68. The number of benzene rings is 2. The predicted molar refractivity (Wildman–Crippen MR) is 101 cm³/mol. The van der Waals surface area contributed by atoms with Crippen LogP contribution in [0.4, 0.5) is 4.39 Å². The number of amides is 1. The first-order valence-corrected chi connectivity index (χ1v) is 10.4. The molecule has 7 heteroatoms. The number of hydrogen-bond donors (Lipinski definition) is 2. The number of nitrogens with one attached hydrogen (secondary N) is 2. The van der Waals surface area contributed by atoms with Gasteiger partial charge in [-0.25, -0.2) is 17.5 Å². The maximum Gasteiger partial charge on any atom is 0.252 e. The second kappa shape index (κ2) is 7.40. The van der Waals surface area contributed by atoms with E-state index in [1.54, 1.807) is 38.1 Å². The van der Waals surface area contributed by atoms with Gasteiger partial charge in [0.2, 0.25) is 10.0 Å². The molecule has 0 spiro atoms. The summed E-state index contributed by atoms with van der Waals surface area (Å²) in [6, 6.07) is 11.8. The molecule has 1 aliphatic carbocycles. The zero-order chi connectivity index (χ0) is 19.7. The van der Waals surface area contributed by atoms with Crippen molar-refractivity contribution >= 4 is 15.9 Å². The maximum atomic E-state index is 13.2. The molecular weight excluding hydrogens is 367 g/mol. The van der Waals surface area contributed by atoms with Crippen LogP contribution in [0.15, 0.2) is 53.4 Å². The molecular formula is C20H23FN2O3S. The van der Waals surface area contributed by atoms with Crippen LogP contribution in [0.1, 0.15) is 49.0 Å². The quantitative estimate of drug-likeness (QED) is 0.795. The second-order valence-electron chi connectivity index (χ2n) is 7.20. The standard InChI is InChI=1S/C20H23FN2O3S/c1-14(2)23-27(25,26)18-6-3-5-15(13-18)19(24)22-20(11-4-12-20)16-7-9-17(21)10-8-16/h3,5-10,13-14,23H,4,11-12H2,1-2H3,(H,22,24). The summed E-state index contributed by atoms with van der Waals surface area (Å²) in [5.41, 5.74) is 0.597. The Hall–Kier alpha value is -2.25. The molecule has 1 saturated carbocycles. The monoisotopic (exact) mass is 390 g/mol. The largest absolute Gasteiger partial charge is 0.343 e. The molecule has 0 saturated heterocycles. The average Bonchev–Trinajstić information content (AvgIpc) is 2.58. The van der Waals surface area contributed by atoms with E-state index < -0.39 is 15.6 Å². The fourth-order valence-electron chi connectivity index (χ4n) is 3.26. The number of carbonyl (C=O) groups excluding carboxylic acids is 1. The van der Waals surface area contributed by atoms with Crippen LogP contribution in [0.2, 0.25) is 0 Å². The number of rotatable bonds is 6. The van der Waals surface area contributed by atoms with Gasteiger partial charge < -0.3 is 5.32 Å². The van der Waals surface area contributed by atoms with Crippen molar-refractivity contribution in [3.8, 4) is 0 Å². The molecule has 0 unspecified atom stereocenters. The molecule has 3 rings (SSSR count). The Bertz CT molecular complexity index is 936. The molecule has 2 aromatic rings. The highest BCUT2D eigenvalue weighted by Gasteiger charge is 2.40. The van der Waals surface area contributed by atoms with Gasteiger partial charge in [0.15, 0.2) is 0 Å². The van der Waals surface area contributed by atoms with E-state index in [0.717, 1.165) is 24.8 Å².